The van der Waals surface area contributed by atoms with E-state index in [-0.39, 0.29) is 5.92 Å². The minimum atomic E-state index is 0.00366. The highest BCUT2D eigenvalue weighted by Crippen LogP contribution is 2.21. The van der Waals surface area contributed by atoms with Crippen LogP contribution in [0.2, 0.25) is 0 Å². The van der Waals surface area contributed by atoms with Crippen molar-refractivity contribution in [3.05, 3.63) is 34.9 Å². The molecule has 0 N–H and O–H groups in total. The van der Waals surface area contributed by atoms with Gasteiger partial charge in [0.1, 0.15) is 6.29 Å². The zero-order valence-corrected chi connectivity index (χ0v) is 10.2. The molecule has 2 heteroatoms. The van der Waals surface area contributed by atoms with E-state index < -0.39 is 0 Å². The number of aryl methyl sites for hydroxylation is 1. The van der Waals surface area contributed by atoms with Crippen LogP contribution < -0.4 is 0 Å². The molecule has 1 atom stereocenters. The van der Waals surface area contributed by atoms with Crippen LogP contribution in [0.25, 0.3) is 0 Å². The third-order valence-electron chi connectivity index (χ3n) is 2.44. The van der Waals surface area contributed by atoms with E-state index in [0.29, 0.717) is 0 Å². The molecule has 76 valence electrons. The number of halogens is 1. The standard InChI is InChI=1S/C12H15BrO/c1-3-11-5-4-10(7-13)6-12(11)9(2)8-14/h4-6,8-9H,3,7H2,1-2H3. The van der Waals surface area contributed by atoms with Crippen LogP contribution in [-0.4, -0.2) is 6.29 Å². The Bertz CT molecular complexity index is 320. The normalized spacial score (nSPS) is 12.5. The van der Waals surface area contributed by atoms with Crippen LogP contribution in [-0.2, 0) is 16.5 Å². The van der Waals surface area contributed by atoms with Gasteiger partial charge < -0.3 is 4.79 Å². The van der Waals surface area contributed by atoms with E-state index in [4.69, 9.17) is 0 Å². The van der Waals surface area contributed by atoms with Gasteiger partial charge in [-0.3, -0.25) is 0 Å². The molecule has 0 aliphatic carbocycles. The van der Waals surface area contributed by atoms with Gasteiger partial charge in [0, 0.05) is 11.2 Å². The van der Waals surface area contributed by atoms with Crippen molar-refractivity contribution in [2.75, 3.05) is 0 Å². The first-order valence-corrected chi connectivity index (χ1v) is 5.98. The van der Waals surface area contributed by atoms with Gasteiger partial charge in [-0.1, -0.05) is 48.0 Å². The molecule has 1 aromatic carbocycles. The quantitative estimate of drug-likeness (QED) is 0.595. The van der Waals surface area contributed by atoms with Crippen molar-refractivity contribution in [1.29, 1.82) is 0 Å². The highest BCUT2D eigenvalue weighted by Gasteiger charge is 2.09. The fourth-order valence-electron chi connectivity index (χ4n) is 1.55. The summed E-state index contributed by atoms with van der Waals surface area (Å²) in [5, 5.41) is 0.843. The minimum Gasteiger partial charge on any atom is -0.303 e. The molecule has 0 bridgehead atoms. The van der Waals surface area contributed by atoms with Crippen molar-refractivity contribution in [3.63, 3.8) is 0 Å². The Kier molecular flexibility index (Phi) is 4.33. The van der Waals surface area contributed by atoms with Crippen LogP contribution in [0.4, 0.5) is 0 Å². The van der Waals surface area contributed by atoms with E-state index in [1.165, 1.54) is 16.7 Å². The lowest BCUT2D eigenvalue weighted by Crippen LogP contribution is -2.00. The second-order valence-corrected chi connectivity index (χ2v) is 4.01. The van der Waals surface area contributed by atoms with Crippen molar-refractivity contribution in [2.45, 2.75) is 31.5 Å². The monoisotopic (exact) mass is 254 g/mol. The molecule has 1 aromatic rings. The number of alkyl halides is 1. The SMILES string of the molecule is CCc1ccc(CBr)cc1C(C)C=O. The zero-order chi connectivity index (χ0) is 10.6. The van der Waals surface area contributed by atoms with Crippen molar-refractivity contribution < 1.29 is 4.79 Å². The van der Waals surface area contributed by atoms with Gasteiger partial charge in [0.05, 0.1) is 0 Å². The summed E-state index contributed by atoms with van der Waals surface area (Å²) in [5.74, 6) is 0.00366. The number of hydrogen-bond acceptors (Lipinski definition) is 1. The predicted octanol–water partition coefficient (Wildman–Crippen LogP) is 3.45. The fourth-order valence-corrected chi connectivity index (χ4v) is 1.90. The largest absolute Gasteiger partial charge is 0.303 e. The van der Waals surface area contributed by atoms with Crippen LogP contribution in [0.15, 0.2) is 18.2 Å². The van der Waals surface area contributed by atoms with Crippen LogP contribution in [0.5, 0.6) is 0 Å². The van der Waals surface area contributed by atoms with Gasteiger partial charge in [-0.05, 0) is 23.1 Å². The van der Waals surface area contributed by atoms with E-state index in [2.05, 4.69) is 41.1 Å². The Morgan fingerprint density at radius 2 is 2.21 bits per heavy atom. The lowest BCUT2D eigenvalue weighted by molar-refractivity contribution is -0.108. The molecule has 0 spiro atoms. The Labute approximate surface area is 93.7 Å². The summed E-state index contributed by atoms with van der Waals surface area (Å²) < 4.78 is 0. The first kappa shape index (κ1) is 11.4. The summed E-state index contributed by atoms with van der Waals surface area (Å²) in [5.41, 5.74) is 3.67. The average Bonchev–Trinajstić information content (AvgIpc) is 2.27. The molecule has 0 amide bonds. The smallest absolute Gasteiger partial charge is 0.127 e. The lowest BCUT2D eigenvalue weighted by atomic mass is 9.94. The fraction of sp³-hybridized carbons (Fsp3) is 0.417. The Balaban J connectivity index is 3.14. The number of aldehydes is 1. The van der Waals surface area contributed by atoms with Crippen molar-refractivity contribution in [1.82, 2.24) is 0 Å². The molecule has 0 aliphatic rings. The van der Waals surface area contributed by atoms with Crippen molar-refractivity contribution >= 4 is 22.2 Å². The van der Waals surface area contributed by atoms with E-state index in [1.807, 2.05) is 6.92 Å². The molecule has 1 nitrogen and oxygen atoms in total. The molecule has 0 heterocycles. The maximum Gasteiger partial charge on any atom is 0.127 e. The molecule has 0 fully saturated rings. The predicted molar refractivity (Wildman–Crippen MR) is 62.9 cm³/mol. The average molecular weight is 255 g/mol. The van der Waals surface area contributed by atoms with Crippen LogP contribution in [0, 0.1) is 0 Å². The van der Waals surface area contributed by atoms with E-state index in [1.54, 1.807) is 0 Å². The van der Waals surface area contributed by atoms with Gasteiger partial charge in [0.25, 0.3) is 0 Å². The van der Waals surface area contributed by atoms with Gasteiger partial charge in [-0.25, -0.2) is 0 Å². The van der Waals surface area contributed by atoms with Gasteiger partial charge in [-0.15, -0.1) is 0 Å². The first-order valence-electron chi connectivity index (χ1n) is 4.85. The van der Waals surface area contributed by atoms with Crippen molar-refractivity contribution in [2.24, 2.45) is 0 Å². The molecule has 14 heavy (non-hydrogen) atoms. The van der Waals surface area contributed by atoms with Crippen molar-refractivity contribution in [3.8, 4) is 0 Å². The van der Waals surface area contributed by atoms with Crippen LogP contribution >= 0.6 is 15.9 Å². The second kappa shape index (κ2) is 5.30. The third kappa shape index (κ3) is 2.44. The highest BCUT2D eigenvalue weighted by molar-refractivity contribution is 9.08. The molecule has 1 rings (SSSR count). The molecule has 0 aromatic heterocycles. The summed E-state index contributed by atoms with van der Waals surface area (Å²) in [6.07, 6.45) is 1.99. The number of rotatable bonds is 4. The molecular weight excluding hydrogens is 240 g/mol. The van der Waals surface area contributed by atoms with Gasteiger partial charge in [0.15, 0.2) is 0 Å². The third-order valence-corrected chi connectivity index (χ3v) is 3.09. The topological polar surface area (TPSA) is 17.1 Å². The summed E-state index contributed by atoms with van der Waals surface area (Å²) in [7, 11) is 0. The second-order valence-electron chi connectivity index (χ2n) is 3.45. The van der Waals surface area contributed by atoms with E-state index in [9.17, 15) is 4.79 Å². The summed E-state index contributed by atoms with van der Waals surface area (Å²) in [6.45, 7) is 4.06. The number of hydrogen-bond donors (Lipinski definition) is 0. The van der Waals surface area contributed by atoms with Gasteiger partial charge >= 0.3 is 0 Å². The highest BCUT2D eigenvalue weighted by atomic mass is 79.9. The maximum atomic E-state index is 10.8. The number of carbonyl (C=O) groups excluding carboxylic acids is 1. The summed E-state index contributed by atoms with van der Waals surface area (Å²) in [4.78, 5) is 10.8. The Morgan fingerprint density at radius 1 is 1.50 bits per heavy atom. The molecule has 0 saturated heterocycles. The summed E-state index contributed by atoms with van der Waals surface area (Å²) >= 11 is 3.42. The molecular formula is C12H15BrO. The number of benzene rings is 1. The van der Waals surface area contributed by atoms with Crippen LogP contribution in [0.3, 0.4) is 0 Å². The molecule has 0 radical (unpaired) electrons. The zero-order valence-electron chi connectivity index (χ0n) is 8.59. The van der Waals surface area contributed by atoms with E-state index in [0.717, 1.165) is 18.0 Å². The lowest BCUT2D eigenvalue weighted by Gasteiger charge is -2.11. The Hall–Kier alpha value is -0.630. The van der Waals surface area contributed by atoms with E-state index >= 15 is 0 Å². The first-order chi connectivity index (χ1) is 6.72. The maximum absolute atomic E-state index is 10.8. The Morgan fingerprint density at radius 3 is 2.71 bits per heavy atom. The molecule has 0 aliphatic heterocycles. The van der Waals surface area contributed by atoms with Crippen LogP contribution in [0.1, 0.15) is 36.5 Å². The molecule has 1 unspecified atom stereocenters. The van der Waals surface area contributed by atoms with Gasteiger partial charge in [0.2, 0.25) is 0 Å². The van der Waals surface area contributed by atoms with Gasteiger partial charge in [-0.2, -0.15) is 0 Å². The number of carbonyl (C=O) groups is 1. The molecule has 0 saturated carbocycles. The summed E-state index contributed by atoms with van der Waals surface area (Å²) in [6, 6.07) is 6.34. The minimum absolute atomic E-state index is 0.00366.